The van der Waals surface area contributed by atoms with Crippen LogP contribution in [0, 0.1) is 10.1 Å². The lowest BCUT2D eigenvalue weighted by atomic mass is 10.2. The van der Waals surface area contributed by atoms with Gasteiger partial charge in [0.2, 0.25) is 0 Å². The van der Waals surface area contributed by atoms with Crippen LogP contribution >= 0.6 is 11.3 Å². The molecule has 23 heavy (non-hydrogen) atoms. The molecule has 2 heterocycles. The minimum atomic E-state index is -0.467. The van der Waals surface area contributed by atoms with Crippen LogP contribution in [0.25, 0.3) is 10.2 Å². The molecule has 0 fully saturated rings. The molecule has 2 aromatic heterocycles. The van der Waals surface area contributed by atoms with Gasteiger partial charge in [-0.3, -0.25) is 15.1 Å². The maximum Gasteiger partial charge on any atom is 0.350 e. The highest BCUT2D eigenvalue weighted by Crippen LogP contribution is 2.36. The molecule has 7 nitrogen and oxygen atoms in total. The largest absolute Gasteiger partial charge is 0.465 e. The number of nitrogens with one attached hydrogen (secondary N) is 1. The number of nitro groups is 1. The van der Waals surface area contributed by atoms with Crippen LogP contribution < -0.4 is 5.32 Å². The average Bonchev–Trinajstić information content (AvgIpc) is 2.93. The van der Waals surface area contributed by atoms with E-state index in [0.29, 0.717) is 21.8 Å². The Bertz CT molecular complexity index is 889. The summed E-state index contributed by atoms with van der Waals surface area (Å²) in [6, 6.07) is 9.58. The van der Waals surface area contributed by atoms with Gasteiger partial charge in [-0.05, 0) is 24.3 Å². The van der Waals surface area contributed by atoms with Crippen LogP contribution in [-0.4, -0.2) is 23.0 Å². The Labute approximate surface area is 134 Å². The van der Waals surface area contributed by atoms with Crippen molar-refractivity contribution >= 4 is 44.6 Å². The molecule has 116 valence electrons. The van der Waals surface area contributed by atoms with Crippen molar-refractivity contribution in [1.29, 1.82) is 0 Å². The predicted molar refractivity (Wildman–Crippen MR) is 87.3 cm³/mol. The molecule has 0 aliphatic carbocycles. The van der Waals surface area contributed by atoms with Crippen LogP contribution in [-0.2, 0) is 4.74 Å². The number of esters is 1. The highest BCUT2D eigenvalue weighted by atomic mass is 32.1. The number of non-ortho nitro benzene ring substituents is 1. The maximum atomic E-state index is 12.0. The molecule has 0 aliphatic rings. The van der Waals surface area contributed by atoms with Crippen molar-refractivity contribution in [2.24, 2.45) is 0 Å². The molecule has 0 bridgehead atoms. The van der Waals surface area contributed by atoms with Crippen molar-refractivity contribution in [3.63, 3.8) is 0 Å². The molecular formula is C15H11N3O4S. The Morgan fingerprint density at radius 2 is 2.04 bits per heavy atom. The molecule has 1 aromatic carbocycles. The van der Waals surface area contributed by atoms with E-state index in [2.05, 4.69) is 10.3 Å². The van der Waals surface area contributed by atoms with Crippen LogP contribution in [0.3, 0.4) is 0 Å². The van der Waals surface area contributed by atoms with Crippen LogP contribution in [0.2, 0.25) is 0 Å². The van der Waals surface area contributed by atoms with Gasteiger partial charge < -0.3 is 10.1 Å². The molecule has 8 heteroatoms. The number of methoxy groups -OCH3 is 1. The third kappa shape index (κ3) is 2.84. The summed E-state index contributed by atoms with van der Waals surface area (Å²) in [5.74, 6) is -0.461. The highest BCUT2D eigenvalue weighted by Gasteiger charge is 2.20. The zero-order valence-corrected chi connectivity index (χ0v) is 12.8. The molecule has 0 saturated heterocycles. The number of nitro benzene ring substituents is 1. The molecule has 3 rings (SSSR count). The van der Waals surface area contributed by atoms with Gasteiger partial charge in [-0.25, -0.2) is 4.79 Å². The third-order valence-corrected chi connectivity index (χ3v) is 4.29. The second kappa shape index (κ2) is 6.01. The van der Waals surface area contributed by atoms with Crippen LogP contribution in [0.15, 0.2) is 42.6 Å². The third-order valence-electron chi connectivity index (χ3n) is 3.16. The molecule has 3 aromatic rings. The zero-order chi connectivity index (χ0) is 16.4. The Morgan fingerprint density at radius 1 is 1.30 bits per heavy atom. The van der Waals surface area contributed by atoms with Gasteiger partial charge >= 0.3 is 5.97 Å². The van der Waals surface area contributed by atoms with Gasteiger partial charge in [-0.1, -0.05) is 0 Å². The van der Waals surface area contributed by atoms with Crippen molar-refractivity contribution in [1.82, 2.24) is 4.98 Å². The van der Waals surface area contributed by atoms with Crippen molar-refractivity contribution < 1.29 is 14.5 Å². The van der Waals surface area contributed by atoms with E-state index in [1.165, 1.54) is 30.6 Å². The van der Waals surface area contributed by atoms with Crippen LogP contribution in [0.4, 0.5) is 17.1 Å². The molecule has 0 saturated carbocycles. The van der Waals surface area contributed by atoms with Crippen molar-refractivity contribution in [3.05, 3.63) is 57.6 Å². The van der Waals surface area contributed by atoms with Gasteiger partial charge in [-0.2, -0.15) is 0 Å². The monoisotopic (exact) mass is 329 g/mol. The quantitative estimate of drug-likeness (QED) is 0.445. The molecule has 0 atom stereocenters. The van der Waals surface area contributed by atoms with E-state index in [9.17, 15) is 14.9 Å². The topological polar surface area (TPSA) is 94.4 Å². The van der Waals surface area contributed by atoms with Gasteiger partial charge in [0.15, 0.2) is 0 Å². The summed E-state index contributed by atoms with van der Waals surface area (Å²) in [7, 11) is 1.32. The SMILES string of the molecule is COC(=O)c1sc2cccnc2c1Nc1ccc([N+](=O)[O-])cc1. The average molecular weight is 329 g/mol. The predicted octanol–water partition coefficient (Wildman–Crippen LogP) is 3.73. The summed E-state index contributed by atoms with van der Waals surface area (Å²) in [6.07, 6.45) is 1.64. The number of nitrogens with zero attached hydrogens (tertiary/aromatic N) is 2. The Hall–Kier alpha value is -3.00. The van der Waals surface area contributed by atoms with Gasteiger partial charge in [0.05, 0.1) is 22.4 Å². The van der Waals surface area contributed by atoms with E-state index in [0.717, 1.165) is 4.70 Å². The first-order valence-corrected chi connectivity index (χ1v) is 7.39. The first-order valence-electron chi connectivity index (χ1n) is 6.57. The fourth-order valence-electron chi connectivity index (χ4n) is 2.09. The number of carbonyl (C=O) groups is 1. The smallest absolute Gasteiger partial charge is 0.350 e. The van der Waals surface area contributed by atoms with E-state index >= 15 is 0 Å². The first-order chi connectivity index (χ1) is 11.1. The number of fused-ring (bicyclic) bond motifs is 1. The number of benzene rings is 1. The summed E-state index contributed by atoms with van der Waals surface area (Å²) >= 11 is 1.28. The van der Waals surface area contributed by atoms with E-state index in [1.54, 1.807) is 24.4 Å². The fourth-order valence-corrected chi connectivity index (χ4v) is 3.13. The zero-order valence-electron chi connectivity index (χ0n) is 12.0. The lowest BCUT2D eigenvalue weighted by molar-refractivity contribution is -0.384. The number of hydrogen-bond acceptors (Lipinski definition) is 7. The number of aromatic nitrogens is 1. The number of thiophene rings is 1. The molecular weight excluding hydrogens is 318 g/mol. The van der Waals surface area contributed by atoms with Gasteiger partial charge in [0.1, 0.15) is 10.4 Å². The number of pyridine rings is 1. The van der Waals surface area contributed by atoms with Crippen molar-refractivity contribution in [2.45, 2.75) is 0 Å². The Balaban J connectivity index is 2.04. The number of ether oxygens (including phenoxy) is 1. The highest BCUT2D eigenvalue weighted by molar-refractivity contribution is 7.21. The van der Waals surface area contributed by atoms with Gasteiger partial charge in [0.25, 0.3) is 5.69 Å². The lowest BCUT2D eigenvalue weighted by Gasteiger charge is -2.07. The van der Waals surface area contributed by atoms with Crippen LogP contribution in [0.5, 0.6) is 0 Å². The number of hydrogen-bond donors (Lipinski definition) is 1. The van der Waals surface area contributed by atoms with Crippen LogP contribution in [0.1, 0.15) is 9.67 Å². The van der Waals surface area contributed by atoms with Crippen molar-refractivity contribution in [2.75, 3.05) is 12.4 Å². The number of rotatable bonds is 4. The molecule has 0 amide bonds. The molecule has 0 spiro atoms. The molecule has 0 aliphatic heterocycles. The normalized spacial score (nSPS) is 10.5. The summed E-state index contributed by atoms with van der Waals surface area (Å²) in [6.45, 7) is 0. The summed E-state index contributed by atoms with van der Waals surface area (Å²) < 4.78 is 5.65. The molecule has 0 radical (unpaired) electrons. The number of carbonyl (C=O) groups excluding carboxylic acids is 1. The molecule has 0 unspecified atom stereocenters. The second-order valence-electron chi connectivity index (χ2n) is 4.58. The van der Waals surface area contributed by atoms with Gasteiger partial charge in [-0.15, -0.1) is 11.3 Å². The maximum absolute atomic E-state index is 12.0. The fraction of sp³-hybridized carbons (Fsp3) is 0.0667. The Kier molecular flexibility index (Phi) is 3.90. The Morgan fingerprint density at radius 3 is 2.70 bits per heavy atom. The van der Waals surface area contributed by atoms with Gasteiger partial charge in [0, 0.05) is 24.0 Å². The van der Waals surface area contributed by atoms with E-state index in [4.69, 9.17) is 4.74 Å². The van der Waals surface area contributed by atoms with Crippen molar-refractivity contribution in [3.8, 4) is 0 Å². The standard InChI is InChI=1S/C15H11N3O4S/c1-22-15(19)14-13(12-11(23-14)3-2-8-16-12)17-9-4-6-10(7-5-9)18(20)21/h2-8,17H,1H3. The summed E-state index contributed by atoms with van der Waals surface area (Å²) in [5, 5.41) is 13.8. The first kappa shape index (κ1) is 14.9. The summed E-state index contributed by atoms with van der Waals surface area (Å²) in [4.78, 5) is 26.9. The van der Waals surface area contributed by atoms with E-state index < -0.39 is 10.9 Å². The van der Waals surface area contributed by atoms with E-state index in [-0.39, 0.29) is 5.69 Å². The van der Waals surface area contributed by atoms with E-state index in [1.807, 2.05) is 6.07 Å². The summed E-state index contributed by atoms with van der Waals surface area (Å²) in [5.41, 5.74) is 1.80. The minimum absolute atomic E-state index is 0.00274. The minimum Gasteiger partial charge on any atom is -0.465 e. The molecule has 1 N–H and O–H groups in total. The lowest BCUT2D eigenvalue weighted by Crippen LogP contribution is -2.02. The second-order valence-corrected chi connectivity index (χ2v) is 5.63. The number of anilines is 2.